The lowest BCUT2D eigenvalue weighted by molar-refractivity contribution is -0.384. The molecule has 29 heavy (non-hydrogen) atoms. The van der Waals surface area contributed by atoms with Crippen LogP contribution in [0.3, 0.4) is 0 Å². The van der Waals surface area contributed by atoms with Gasteiger partial charge in [0, 0.05) is 17.8 Å². The van der Waals surface area contributed by atoms with E-state index < -0.39 is 40.7 Å². The predicted octanol–water partition coefficient (Wildman–Crippen LogP) is 2.53. The number of nitrogens with zero attached hydrogens (tertiary/aromatic N) is 2. The molecule has 2 aromatic carbocycles. The number of anilines is 1. The lowest BCUT2D eigenvalue weighted by Crippen LogP contribution is -2.44. The average molecular weight is 400 g/mol. The molecule has 0 radical (unpaired) electrons. The van der Waals surface area contributed by atoms with Gasteiger partial charge in [-0.25, -0.2) is 9.18 Å². The Balaban J connectivity index is 1.74. The Morgan fingerprint density at radius 3 is 2.34 bits per heavy atom. The Kier molecular flexibility index (Phi) is 5.26. The second-order valence-corrected chi connectivity index (χ2v) is 6.44. The molecule has 10 heteroatoms. The second kappa shape index (κ2) is 7.66. The molecule has 1 atom stereocenters. The van der Waals surface area contributed by atoms with Crippen molar-refractivity contribution < 1.29 is 23.7 Å². The highest BCUT2D eigenvalue weighted by molar-refractivity contribution is 6.10. The van der Waals surface area contributed by atoms with E-state index in [1.807, 2.05) is 0 Å². The number of imide groups is 1. The quantitative estimate of drug-likeness (QED) is 0.438. The van der Waals surface area contributed by atoms with Gasteiger partial charge in [0.2, 0.25) is 5.91 Å². The summed E-state index contributed by atoms with van der Waals surface area (Å²) in [7, 11) is 0. The number of urea groups is 1. The maximum absolute atomic E-state index is 13.2. The van der Waals surface area contributed by atoms with Crippen molar-refractivity contribution in [2.75, 3.05) is 11.9 Å². The van der Waals surface area contributed by atoms with Gasteiger partial charge in [0.05, 0.1) is 4.92 Å². The first-order valence-electron chi connectivity index (χ1n) is 8.71. The van der Waals surface area contributed by atoms with E-state index in [1.54, 1.807) is 6.92 Å². The van der Waals surface area contributed by atoms with Crippen molar-refractivity contribution in [3.05, 3.63) is 70.0 Å². The van der Waals surface area contributed by atoms with Crippen LogP contribution in [0.15, 0.2) is 48.5 Å². The van der Waals surface area contributed by atoms with Gasteiger partial charge in [0.1, 0.15) is 17.9 Å². The maximum Gasteiger partial charge on any atom is 0.325 e. The number of carbonyl (C=O) groups excluding carboxylic acids is 3. The summed E-state index contributed by atoms with van der Waals surface area (Å²) in [6.07, 6.45) is 0.212. The summed E-state index contributed by atoms with van der Waals surface area (Å²) in [6, 6.07) is 9.61. The van der Waals surface area contributed by atoms with Gasteiger partial charge in [-0.1, -0.05) is 19.1 Å². The Hall–Kier alpha value is -3.82. The fourth-order valence-electron chi connectivity index (χ4n) is 3.15. The number of non-ortho nitro benzene ring substituents is 1. The molecule has 0 aliphatic carbocycles. The van der Waals surface area contributed by atoms with Gasteiger partial charge in [0.25, 0.3) is 11.6 Å². The molecule has 4 amide bonds. The SMILES string of the molecule is CCC1(c2ccc(F)cc2)NC(=O)N(CC(=O)Nc2ccc([N+](=O)[O-])cc2)C1=O. The molecule has 0 spiro atoms. The van der Waals surface area contributed by atoms with Crippen molar-refractivity contribution in [3.8, 4) is 0 Å². The highest BCUT2D eigenvalue weighted by atomic mass is 19.1. The molecule has 150 valence electrons. The van der Waals surface area contributed by atoms with E-state index in [0.717, 1.165) is 4.90 Å². The molecule has 2 N–H and O–H groups in total. The van der Waals surface area contributed by atoms with E-state index in [-0.39, 0.29) is 17.8 Å². The first-order chi connectivity index (χ1) is 13.8. The van der Waals surface area contributed by atoms with Crippen LogP contribution in [0, 0.1) is 15.9 Å². The van der Waals surface area contributed by atoms with Crippen molar-refractivity contribution in [1.29, 1.82) is 0 Å². The smallest absolute Gasteiger partial charge is 0.325 e. The zero-order chi connectivity index (χ0) is 21.2. The Bertz CT molecular complexity index is 977. The summed E-state index contributed by atoms with van der Waals surface area (Å²) in [5, 5.41) is 15.8. The van der Waals surface area contributed by atoms with Crippen molar-refractivity contribution in [2.24, 2.45) is 0 Å². The van der Waals surface area contributed by atoms with Crippen LogP contribution in [0.25, 0.3) is 0 Å². The molecule has 0 aromatic heterocycles. The van der Waals surface area contributed by atoms with Crippen molar-refractivity contribution in [1.82, 2.24) is 10.2 Å². The van der Waals surface area contributed by atoms with E-state index >= 15 is 0 Å². The van der Waals surface area contributed by atoms with Crippen LogP contribution in [-0.2, 0) is 15.1 Å². The van der Waals surface area contributed by atoms with E-state index in [2.05, 4.69) is 10.6 Å². The van der Waals surface area contributed by atoms with Gasteiger partial charge in [-0.2, -0.15) is 0 Å². The number of nitro groups is 1. The third-order valence-corrected chi connectivity index (χ3v) is 4.71. The Morgan fingerprint density at radius 2 is 1.79 bits per heavy atom. The third kappa shape index (κ3) is 3.77. The molecule has 1 unspecified atom stereocenters. The minimum absolute atomic E-state index is 0.135. The first kappa shape index (κ1) is 19.9. The zero-order valence-corrected chi connectivity index (χ0v) is 15.3. The van der Waals surface area contributed by atoms with Crippen LogP contribution in [0.4, 0.5) is 20.6 Å². The highest BCUT2D eigenvalue weighted by Gasteiger charge is 2.51. The topological polar surface area (TPSA) is 122 Å². The minimum atomic E-state index is -1.38. The van der Waals surface area contributed by atoms with E-state index in [1.165, 1.54) is 48.5 Å². The van der Waals surface area contributed by atoms with E-state index in [0.29, 0.717) is 5.56 Å². The van der Waals surface area contributed by atoms with Crippen LogP contribution in [0.1, 0.15) is 18.9 Å². The first-order valence-corrected chi connectivity index (χ1v) is 8.71. The summed E-state index contributed by atoms with van der Waals surface area (Å²) in [5.41, 5.74) is -0.812. The molecular formula is C19H17FN4O5. The normalized spacial score (nSPS) is 18.5. The molecule has 9 nitrogen and oxygen atoms in total. The van der Waals surface area contributed by atoms with Crippen molar-refractivity contribution in [2.45, 2.75) is 18.9 Å². The van der Waals surface area contributed by atoms with Crippen molar-refractivity contribution >= 4 is 29.2 Å². The molecule has 1 aliphatic heterocycles. The van der Waals surface area contributed by atoms with Crippen LogP contribution >= 0.6 is 0 Å². The summed E-state index contributed by atoms with van der Waals surface area (Å²) in [4.78, 5) is 48.5. The molecule has 0 saturated carbocycles. The summed E-state index contributed by atoms with van der Waals surface area (Å²) < 4.78 is 13.2. The number of nitro benzene ring substituents is 1. The molecule has 1 fully saturated rings. The van der Waals surface area contributed by atoms with E-state index in [9.17, 15) is 28.9 Å². The molecule has 2 aromatic rings. The standard InChI is InChI=1S/C19H17FN4O5/c1-2-19(12-3-5-13(20)6-4-12)17(26)23(18(27)22-19)11-16(25)21-14-7-9-15(10-8-14)24(28)29/h3-10H,2,11H2,1H3,(H,21,25)(H,22,27). The molecule has 3 rings (SSSR count). The maximum atomic E-state index is 13.2. The average Bonchev–Trinajstić information content (AvgIpc) is 2.94. The fraction of sp³-hybridized carbons (Fsp3) is 0.211. The number of hydrogen-bond acceptors (Lipinski definition) is 5. The van der Waals surface area contributed by atoms with Crippen LogP contribution in [0.5, 0.6) is 0 Å². The fourth-order valence-corrected chi connectivity index (χ4v) is 3.15. The summed E-state index contributed by atoms with van der Waals surface area (Å²) in [6.45, 7) is 1.16. The molecule has 1 aliphatic rings. The van der Waals surface area contributed by atoms with Gasteiger partial charge in [0.15, 0.2) is 0 Å². The lowest BCUT2D eigenvalue weighted by atomic mass is 9.87. The Morgan fingerprint density at radius 1 is 1.17 bits per heavy atom. The number of carbonyl (C=O) groups is 3. The van der Waals surface area contributed by atoms with Crippen LogP contribution in [0.2, 0.25) is 0 Å². The van der Waals surface area contributed by atoms with Crippen molar-refractivity contribution in [3.63, 3.8) is 0 Å². The van der Waals surface area contributed by atoms with Crippen LogP contribution in [-0.4, -0.2) is 34.2 Å². The number of halogens is 1. The van der Waals surface area contributed by atoms with Gasteiger partial charge in [-0.15, -0.1) is 0 Å². The second-order valence-electron chi connectivity index (χ2n) is 6.44. The highest BCUT2D eigenvalue weighted by Crippen LogP contribution is 2.32. The third-order valence-electron chi connectivity index (χ3n) is 4.71. The van der Waals surface area contributed by atoms with E-state index in [4.69, 9.17) is 0 Å². The number of benzene rings is 2. The number of rotatable bonds is 6. The minimum Gasteiger partial charge on any atom is -0.325 e. The monoisotopic (exact) mass is 400 g/mol. The number of hydrogen-bond donors (Lipinski definition) is 2. The molecule has 0 bridgehead atoms. The van der Waals surface area contributed by atoms with Crippen LogP contribution < -0.4 is 10.6 Å². The Labute approximate surface area is 164 Å². The summed E-state index contributed by atoms with van der Waals surface area (Å²) >= 11 is 0. The molecule has 1 saturated heterocycles. The van der Waals surface area contributed by atoms with Gasteiger partial charge in [-0.05, 0) is 36.2 Å². The van der Waals surface area contributed by atoms with Gasteiger partial charge >= 0.3 is 6.03 Å². The molecular weight excluding hydrogens is 383 g/mol. The molecule has 1 heterocycles. The number of nitrogens with one attached hydrogen (secondary N) is 2. The summed E-state index contributed by atoms with van der Waals surface area (Å²) in [5.74, 6) is -1.74. The van der Waals surface area contributed by atoms with Gasteiger partial charge in [-0.3, -0.25) is 24.6 Å². The number of amides is 4. The zero-order valence-electron chi connectivity index (χ0n) is 15.3. The van der Waals surface area contributed by atoms with Gasteiger partial charge < -0.3 is 10.6 Å². The predicted molar refractivity (Wildman–Crippen MR) is 100 cm³/mol. The lowest BCUT2D eigenvalue weighted by Gasteiger charge is -2.25. The largest absolute Gasteiger partial charge is 0.325 e.